The van der Waals surface area contributed by atoms with Crippen molar-refractivity contribution in [3.05, 3.63) is 29.8 Å². The maximum atomic E-state index is 12.5. The lowest BCUT2D eigenvalue weighted by Gasteiger charge is -2.59. The summed E-state index contributed by atoms with van der Waals surface area (Å²) in [4.78, 5) is 0.299. The number of aryl methyl sites for hydroxylation is 1. The van der Waals surface area contributed by atoms with Crippen LogP contribution in [0.1, 0.15) is 24.8 Å². The van der Waals surface area contributed by atoms with Crippen molar-refractivity contribution in [3.63, 3.8) is 0 Å². The van der Waals surface area contributed by atoms with Crippen LogP contribution in [0.5, 0.6) is 0 Å². The Morgan fingerprint density at radius 3 is 2.43 bits per heavy atom. The highest BCUT2D eigenvalue weighted by atomic mass is 32.2. The van der Waals surface area contributed by atoms with Gasteiger partial charge >= 0.3 is 0 Å². The summed E-state index contributed by atoms with van der Waals surface area (Å²) in [6, 6.07) is 6.97. The number of benzene rings is 1. The van der Waals surface area contributed by atoms with Crippen molar-refractivity contribution in [3.8, 4) is 0 Å². The van der Waals surface area contributed by atoms with Gasteiger partial charge in [-0.3, -0.25) is 4.18 Å². The molecule has 0 N–H and O–H groups in total. The Kier molecular flexibility index (Phi) is 2.35. The van der Waals surface area contributed by atoms with Crippen LogP contribution in [0.25, 0.3) is 0 Å². The van der Waals surface area contributed by atoms with Crippen molar-refractivity contribution < 1.29 is 12.6 Å². The third-order valence-corrected chi connectivity index (χ3v) is 8.09. The molecule has 0 radical (unpaired) electrons. The topological polar surface area (TPSA) is 43.4 Å². The lowest BCUT2D eigenvalue weighted by Crippen LogP contribution is -2.57. The minimum absolute atomic E-state index is 0.0575. The molecule has 0 spiro atoms. The SMILES string of the molecule is Cc1ccc(S(=O)(=O)O[C@@H]2C[C@@H]3[C@@H]4CC[C@H]5[C@H]4[C@@H]3[C@@H]52)cc1. The van der Waals surface area contributed by atoms with E-state index in [9.17, 15) is 8.42 Å². The van der Waals surface area contributed by atoms with Crippen molar-refractivity contribution in [2.75, 3.05) is 0 Å². The molecule has 0 unspecified atom stereocenters. The lowest BCUT2D eigenvalue weighted by atomic mass is 9.45. The van der Waals surface area contributed by atoms with Gasteiger partial charge in [0, 0.05) is 0 Å². The average Bonchev–Trinajstić information content (AvgIpc) is 2.67. The summed E-state index contributed by atoms with van der Waals surface area (Å²) in [6.45, 7) is 1.96. The summed E-state index contributed by atoms with van der Waals surface area (Å²) in [5, 5.41) is 0. The number of hydrogen-bond acceptors (Lipinski definition) is 3. The van der Waals surface area contributed by atoms with Gasteiger partial charge in [-0.15, -0.1) is 0 Å². The van der Waals surface area contributed by atoms with E-state index in [1.165, 1.54) is 12.8 Å². The smallest absolute Gasteiger partial charge is 0.263 e. The molecule has 7 atom stereocenters. The zero-order valence-electron chi connectivity index (χ0n) is 12.1. The van der Waals surface area contributed by atoms with Crippen LogP contribution in [0.3, 0.4) is 0 Å². The van der Waals surface area contributed by atoms with Crippen LogP contribution in [0.4, 0.5) is 0 Å². The van der Waals surface area contributed by atoms with Crippen molar-refractivity contribution in [2.45, 2.75) is 37.2 Å². The van der Waals surface area contributed by atoms with Crippen molar-refractivity contribution in [1.82, 2.24) is 0 Å². The first-order valence-electron chi connectivity index (χ1n) is 8.06. The Morgan fingerprint density at radius 1 is 0.952 bits per heavy atom. The van der Waals surface area contributed by atoms with E-state index in [0.29, 0.717) is 10.8 Å². The van der Waals surface area contributed by atoms with Gasteiger partial charge in [0.05, 0.1) is 11.0 Å². The third kappa shape index (κ3) is 1.50. The summed E-state index contributed by atoms with van der Waals surface area (Å²) in [5.74, 6) is 4.66. The third-order valence-electron chi connectivity index (χ3n) is 6.74. The molecule has 4 saturated carbocycles. The molecule has 112 valence electrons. The van der Waals surface area contributed by atoms with E-state index in [1.807, 2.05) is 19.1 Å². The van der Waals surface area contributed by atoms with E-state index in [4.69, 9.17) is 4.18 Å². The largest absolute Gasteiger partial charge is 0.297 e. The van der Waals surface area contributed by atoms with Crippen LogP contribution in [-0.4, -0.2) is 14.5 Å². The Morgan fingerprint density at radius 2 is 1.67 bits per heavy atom. The number of hydrogen-bond donors (Lipinski definition) is 0. The van der Waals surface area contributed by atoms with Crippen LogP contribution in [-0.2, 0) is 14.3 Å². The molecule has 0 aliphatic heterocycles. The van der Waals surface area contributed by atoms with E-state index in [0.717, 1.165) is 41.6 Å². The van der Waals surface area contributed by atoms with Crippen LogP contribution >= 0.6 is 0 Å². The molecule has 4 aliphatic rings. The zero-order valence-corrected chi connectivity index (χ0v) is 12.9. The van der Waals surface area contributed by atoms with E-state index in [1.54, 1.807) is 12.1 Å². The van der Waals surface area contributed by atoms with Crippen molar-refractivity contribution >= 4 is 10.1 Å². The molecule has 0 bridgehead atoms. The van der Waals surface area contributed by atoms with Gasteiger partial charge in [-0.1, -0.05) is 17.7 Å². The summed E-state index contributed by atoms with van der Waals surface area (Å²) in [5.41, 5.74) is 1.06. The minimum Gasteiger partial charge on any atom is -0.263 e. The normalized spacial score (nSPS) is 45.9. The van der Waals surface area contributed by atoms with Gasteiger partial charge in [-0.25, -0.2) is 0 Å². The van der Waals surface area contributed by atoms with E-state index in [2.05, 4.69) is 0 Å². The fourth-order valence-corrected chi connectivity index (χ4v) is 7.13. The molecule has 0 amide bonds. The monoisotopic (exact) mass is 304 g/mol. The summed E-state index contributed by atoms with van der Waals surface area (Å²) < 4.78 is 30.6. The van der Waals surface area contributed by atoms with Crippen LogP contribution in [0.2, 0.25) is 0 Å². The van der Waals surface area contributed by atoms with Gasteiger partial charge in [0.25, 0.3) is 10.1 Å². The van der Waals surface area contributed by atoms with Gasteiger partial charge < -0.3 is 0 Å². The summed E-state index contributed by atoms with van der Waals surface area (Å²) in [7, 11) is -3.60. The van der Waals surface area contributed by atoms with E-state index in [-0.39, 0.29) is 6.10 Å². The highest BCUT2D eigenvalue weighted by molar-refractivity contribution is 7.86. The summed E-state index contributed by atoms with van der Waals surface area (Å²) in [6.07, 6.45) is 3.60. The quantitative estimate of drug-likeness (QED) is 0.806. The molecule has 4 fully saturated rings. The predicted molar refractivity (Wildman–Crippen MR) is 78.0 cm³/mol. The first kappa shape index (κ1) is 12.7. The molecular weight excluding hydrogens is 284 g/mol. The Bertz CT molecular complexity index is 682. The van der Waals surface area contributed by atoms with Crippen LogP contribution in [0, 0.1) is 42.4 Å². The van der Waals surface area contributed by atoms with Crippen molar-refractivity contribution in [2.24, 2.45) is 35.5 Å². The van der Waals surface area contributed by atoms with Crippen LogP contribution < -0.4 is 0 Å². The lowest BCUT2D eigenvalue weighted by molar-refractivity contribution is -0.136. The van der Waals surface area contributed by atoms with Gasteiger partial charge in [-0.2, -0.15) is 8.42 Å². The molecule has 3 nitrogen and oxygen atoms in total. The number of rotatable bonds is 3. The molecular formula is C17H20O3S. The Labute approximate surface area is 125 Å². The molecule has 1 aromatic carbocycles. The van der Waals surface area contributed by atoms with Gasteiger partial charge in [0.1, 0.15) is 0 Å². The first-order valence-corrected chi connectivity index (χ1v) is 9.47. The second-order valence-corrected chi connectivity index (χ2v) is 9.01. The molecule has 4 aliphatic carbocycles. The maximum absolute atomic E-state index is 12.5. The fraction of sp³-hybridized carbons (Fsp3) is 0.647. The first-order chi connectivity index (χ1) is 10.1. The maximum Gasteiger partial charge on any atom is 0.297 e. The summed E-state index contributed by atoms with van der Waals surface area (Å²) >= 11 is 0. The number of fused-ring (bicyclic) bond motifs is 2. The molecule has 0 saturated heterocycles. The van der Waals surface area contributed by atoms with Gasteiger partial charge in [-0.05, 0) is 73.8 Å². The Hall–Kier alpha value is -0.870. The van der Waals surface area contributed by atoms with Gasteiger partial charge in [0.2, 0.25) is 0 Å². The van der Waals surface area contributed by atoms with Gasteiger partial charge in [0.15, 0.2) is 0 Å². The van der Waals surface area contributed by atoms with Crippen molar-refractivity contribution in [1.29, 1.82) is 0 Å². The minimum atomic E-state index is -3.60. The second-order valence-electron chi connectivity index (χ2n) is 7.44. The Balaban J connectivity index is 1.40. The second kappa shape index (κ2) is 3.90. The molecule has 0 heterocycles. The van der Waals surface area contributed by atoms with E-state index < -0.39 is 10.1 Å². The van der Waals surface area contributed by atoms with E-state index >= 15 is 0 Å². The predicted octanol–water partition coefficient (Wildman–Crippen LogP) is 2.99. The molecule has 1 aromatic rings. The fourth-order valence-electron chi connectivity index (χ4n) is 6.02. The highest BCUT2D eigenvalue weighted by Crippen LogP contribution is 2.77. The molecule has 0 aromatic heterocycles. The standard InChI is InChI=1S/C17H20O3S/c1-9-2-4-10(5-3-9)21(18,19)20-14-8-13-11-6-7-12-15(11)17(13)16(12)14/h2-5,11-17H,6-8H2,1H3/t11-,12-,13+,14+,15-,16-,17+/m0/s1. The molecule has 21 heavy (non-hydrogen) atoms. The zero-order chi connectivity index (χ0) is 14.4. The average molecular weight is 304 g/mol. The highest BCUT2D eigenvalue weighted by Gasteiger charge is 2.74. The molecule has 5 rings (SSSR count). The van der Waals surface area contributed by atoms with Crippen LogP contribution in [0.15, 0.2) is 29.2 Å². The molecule has 4 heteroatoms.